The largest absolute Gasteiger partial charge is 0.296 e. The Bertz CT molecular complexity index is 478. The summed E-state index contributed by atoms with van der Waals surface area (Å²) in [6.45, 7) is 0. The molecule has 1 atom stereocenters. The fourth-order valence-corrected chi connectivity index (χ4v) is 3.94. The normalized spacial score (nSPS) is 24.1. The molecule has 6 heteroatoms. The van der Waals surface area contributed by atoms with Gasteiger partial charge in [0, 0.05) is 12.1 Å². The quantitative estimate of drug-likeness (QED) is 0.792. The molecule has 2 rings (SSSR count). The van der Waals surface area contributed by atoms with Crippen LogP contribution in [0, 0.1) is 0 Å². The predicted octanol–water partition coefficient (Wildman–Crippen LogP) is 0.732. The monoisotopic (exact) mass is 242 g/mol. The maximum absolute atomic E-state index is 11.8. The minimum Gasteiger partial charge on any atom is -0.296 e. The average molecular weight is 242 g/mol. The van der Waals surface area contributed by atoms with Crippen LogP contribution in [0.25, 0.3) is 0 Å². The number of hydrogen-bond acceptors (Lipinski definition) is 4. The molecule has 1 saturated heterocycles. The molecule has 0 amide bonds. The fourth-order valence-electron chi connectivity index (χ4n) is 2.04. The van der Waals surface area contributed by atoms with E-state index >= 15 is 0 Å². The van der Waals surface area contributed by atoms with Crippen LogP contribution in [0.1, 0.15) is 35.4 Å². The molecule has 2 heterocycles. The van der Waals surface area contributed by atoms with Crippen LogP contribution >= 0.6 is 0 Å². The number of carbonyl (C=O) groups excluding carboxylic acids is 1. The molecular formula is C10H14N2O3S. The molecule has 1 unspecified atom stereocenters. The van der Waals surface area contributed by atoms with Crippen molar-refractivity contribution in [2.75, 3.05) is 5.75 Å². The topological polar surface area (TPSA) is 79.9 Å². The Morgan fingerprint density at radius 2 is 2.31 bits per heavy atom. The minimum absolute atomic E-state index is 0.284. The van der Waals surface area contributed by atoms with E-state index in [4.69, 9.17) is 0 Å². The summed E-state index contributed by atoms with van der Waals surface area (Å²) in [6, 6.07) is 1.61. The number of aromatic nitrogens is 2. The summed E-state index contributed by atoms with van der Waals surface area (Å²) in [4.78, 5) is 10.4. The van der Waals surface area contributed by atoms with E-state index in [9.17, 15) is 13.2 Å². The van der Waals surface area contributed by atoms with Gasteiger partial charge in [0.2, 0.25) is 0 Å². The van der Waals surface area contributed by atoms with Crippen LogP contribution in [0.3, 0.4) is 0 Å². The SMILES string of the molecule is O=Cc1cc(CC2CCCCS2(=O)=O)[nH]n1. The number of hydrogen-bond donors (Lipinski definition) is 1. The molecule has 5 nitrogen and oxygen atoms in total. The number of H-pyrrole nitrogens is 1. The van der Waals surface area contributed by atoms with Gasteiger partial charge in [0.05, 0.1) is 11.0 Å². The molecule has 1 aromatic rings. The molecule has 0 radical (unpaired) electrons. The molecule has 0 aromatic carbocycles. The highest BCUT2D eigenvalue weighted by Crippen LogP contribution is 2.22. The molecule has 0 aliphatic carbocycles. The van der Waals surface area contributed by atoms with Gasteiger partial charge >= 0.3 is 0 Å². The Morgan fingerprint density at radius 3 is 2.94 bits per heavy atom. The van der Waals surface area contributed by atoms with Crippen LogP contribution in [-0.4, -0.2) is 35.9 Å². The Morgan fingerprint density at radius 1 is 1.50 bits per heavy atom. The second-order valence-corrected chi connectivity index (χ2v) is 6.53. The highest BCUT2D eigenvalue weighted by atomic mass is 32.2. The van der Waals surface area contributed by atoms with Crippen molar-refractivity contribution in [1.82, 2.24) is 10.2 Å². The standard InChI is InChI=1S/C10H14N2O3S/c13-7-9-5-8(11-12-9)6-10-3-1-2-4-16(10,14)15/h5,7,10H,1-4,6H2,(H,11,12). The van der Waals surface area contributed by atoms with Gasteiger partial charge in [-0.05, 0) is 18.9 Å². The lowest BCUT2D eigenvalue weighted by molar-refractivity contribution is 0.111. The predicted molar refractivity (Wildman–Crippen MR) is 59.1 cm³/mol. The van der Waals surface area contributed by atoms with Gasteiger partial charge in [-0.2, -0.15) is 5.10 Å². The summed E-state index contributed by atoms with van der Waals surface area (Å²) in [7, 11) is -2.96. The van der Waals surface area contributed by atoms with Gasteiger partial charge in [0.15, 0.2) is 16.1 Å². The summed E-state index contributed by atoms with van der Waals surface area (Å²) < 4.78 is 23.5. The number of sulfone groups is 1. The van der Waals surface area contributed by atoms with Crippen molar-refractivity contribution < 1.29 is 13.2 Å². The Kier molecular flexibility index (Phi) is 3.09. The van der Waals surface area contributed by atoms with Gasteiger partial charge < -0.3 is 0 Å². The molecule has 0 bridgehead atoms. The summed E-state index contributed by atoms with van der Waals surface area (Å²) in [6.07, 6.45) is 3.51. The van der Waals surface area contributed by atoms with Gasteiger partial charge in [-0.15, -0.1) is 0 Å². The zero-order valence-corrected chi connectivity index (χ0v) is 9.66. The highest BCUT2D eigenvalue weighted by Gasteiger charge is 2.29. The second kappa shape index (κ2) is 4.37. The maximum atomic E-state index is 11.8. The Balaban J connectivity index is 2.11. The van der Waals surface area contributed by atoms with Crippen molar-refractivity contribution in [1.29, 1.82) is 0 Å². The zero-order chi connectivity index (χ0) is 11.6. The third-order valence-corrected chi connectivity index (χ3v) is 5.21. The van der Waals surface area contributed by atoms with E-state index in [1.807, 2.05) is 0 Å². The first-order chi connectivity index (χ1) is 7.62. The van der Waals surface area contributed by atoms with Gasteiger partial charge in [-0.1, -0.05) is 6.42 Å². The molecular weight excluding hydrogens is 228 g/mol. The number of carbonyl (C=O) groups is 1. The molecule has 1 aliphatic rings. The first-order valence-corrected chi connectivity index (χ1v) is 7.04. The number of aldehydes is 1. The molecule has 1 aromatic heterocycles. The molecule has 1 fully saturated rings. The number of nitrogens with zero attached hydrogens (tertiary/aromatic N) is 1. The summed E-state index contributed by atoms with van der Waals surface area (Å²) in [5.74, 6) is 0.284. The van der Waals surface area contributed by atoms with Crippen LogP contribution < -0.4 is 0 Å². The van der Waals surface area contributed by atoms with E-state index in [0.29, 0.717) is 24.8 Å². The van der Waals surface area contributed by atoms with E-state index in [2.05, 4.69) is 10.2 Å². The van der Waals surface area contributed by atoms with E-state index in [-0.39, 0.29) is 11.0 Å². The first-order valence-electron chi connectivity index (χ1n) is 5.33. The van der Waals surface area contributed by atoms with Crippen LogP contribution in [0.5, 0.6) is 0 Å². The van der Waals surface area contributed by atoms with Crippen LogP contribution in [-0.2, 0) is 16.3 Å². The minimum atomic E-state index is -2.96. The molecule has 1 aliphatic heterocycles. The van der Waals surface area contributed by atoms with E-state index in [0.717, 1.165) is 18.5 Å². The smallest absolute Gasteiger partial charge is 0.170 e. The third kappa shape index (κ3) is 2.32. The van der Waals surface area contributed by atoms with Crippen LogP contribution in [0.4, 0.5) is 0 Å². The van der Waals surface area contributed by atoms with Gasteiger partial charge in [0.25, 0.3) is 0 Å². The summed E-state index contributed by atoms with van der Waals surface area (Å²) >= 11 is 0. The number of aromatic amines is 1. The Hall–Kier alpha value is -1.17. The van der Waals surface area contributed by atoms with Gasteiger partial charge in [0.1, 0.15) is 5.69 Å². The van der Waals surface area contributed by atoms with Crippen LogP contribution in [0.2, 0.25) is 0 Å². The average Bonchev–Trinajstić information content (AvgIpc) is 2.69. The van der Waals surface area contributed by atoms with E-state index in [1.54, 1.807) is 6.07 Å². The highest BCUT2D eigenvalue weighted by molar-refractivity contribution is 7.92. The van der Waals surface area contributed by atoms with Crippen molar-refractivity contribution in [3.05, 3.63) is 17.5 Å². The third-order valence-electron chi connectivity index (χ3n) is 2.93. The molecule has 16 heavy (non-hydrogen) atoms. The van der Waals surface area contributed by atoms with Crippen molar-refractivity contribution >= 4 is 16.1 Å². The number of nitrogens with one attached hydrogen (secondary N) is 1. The molecule has 0 spiro atoms. The lowest BCUT2D eigenvalue weighted by atomic mass is 10.1. The summed E-state index contributed by atoms with van der Waals surface area (Å²) in [5, 5.41) is 6.14. The van der Waals surface area contributed by atoms with Crippen molar-refractivity contribution in [2.24, 2.45) is 0 Å². The number of rotatable bonds is 3. The van der Waals surface area contributed by atoms with Gasteiger partial charge in [-0.3, -0.25) is 9.89 Å². The molecule has 1 N–H and O–H groups in total. The van der Waals surface area contributed by atoms with Crippen molar-refractivity contribution in [2.45, 2.75) is 30.9 Å². The molecule has 0 saturated carbocycles. The zero-order valence-electron chi connectivity index (χ0n) is 8.85. The fraction of sp³-hybridized carbons (Fsp3) is 0.600. The van der Waals surface area contributed by atoms with Crippen molar-refractivity contribution in [3.63, 3.8) is 0 Å². The van der Waals surface area contributed by atoms with Crippen molar-refractivity contribution in [3.8, 4) is 0 Å². The van der Waals surface area contributed by atoms with Crippen LogP contribution in [0.15, 0.2) is 6.07 Å². The summed E-state index contributed by atoms with van der Waals surface area (Å²) in [5.41, 5.74) is 1.04. The lowest BCUT2D eigenvalue weighted by Gasteiger charge is -2.21. The first kappa shape index (κ1) is 11.3. The van der Waals surface area contributed by atoms with Gasteiger partial charge in [-0.25, -0.2) is 8.42 Å². The second-order valence-electron chi connectivity index (χ2n) is 4.12. The molecule has 88 valence electrons. The Labute approximate surface area is 94.2 Å². The maximum Gasteiger partial charge on any atom is 0.170 e. The van der Waals surface area contributed by atoms with E-state index in [1.165, 1.54) is 0 Å². The van der Waals surface area contributed by atoms with E-state index < -0.39 is 9.84 Å². The lowest BCUT2D eigenvalue weighted by Crippen LogP contribution is -2.30.